The van der Waals surface area contributed by atoms with Crippen LogP contribution in [0, 0.1) is 5.92 Å². The number of hydrogen-bond donors (Lipinski definition) is 2. The molecule has 25 heavy (non-hydrogen) atoms. The Morgan fingerprint density at radius 1 is 1.24 bits per heavy atom. The van der Waals surface area contributed by atoms with Crippen molar-refractivity contribution in [1.82, 2.24) is 10.3 Å². The molecule has 3 N–H and O–H groups in total. The lowest BCUT2D eigenvalue weighted by Gasteiger charge is -2.32. The number of piperidine rings is 1. The smallest absolute Gasteiger partial charge is 0.220 e. The molecule has 0 spiro atoms. The van der Waals surface area contributed by atoms with Gasteiger partial charge in [-0.2, -0.15) is 0 Å². The van der Waals surface area contributed by atoms with Gasteiger partial charge in [-0.1, -0.05) is 29.9 Å². The second kappa shape index (κ2) is 7.30. The lowest BCUT2D eigenvalue weighted by molar-refractivity contribution is -0.122. The summed E-state index contributed by atoms with van der Waals surface area (Å²) in [5, 5.41) is 4.33. The van der Waals surface area contributed by atoms with Crippen LogP contribution in [0.3, 0.4) is 0 Å². The van der Waals surface area contributed by atoms with Gasteiger partial charge in [-0.15, -0.1) is 0 Å². The van der Waals surface area contributed by atoms with Gasteiger partial charge in [-0.05, 0) is 43.7 Å². The van der Waals surface area contributed by atoms with Gasteiger partial charge >= 0.3 is 0 Å². The van der Waals surface area contributed by atoms with Crippen LogP contribution < -0.4 is 16.0 Å². The molecule has 2 heterocycles. The molecule has 1 aromatic carbocycles. The summed E-state index contributed by atoms with van der Waals surface area (Å²) < 4.78 is 1.24. The highest BCUT2D eigenvalue weighted by Crippen LogP contribution is 2.30. The summed E-state index contributed by atoms with van der Waals surface area (Å²) in [7, 11) is 0. The van der Waals surface area contributed by atoms with Gasteiger partial charge in [0.1, 0.15) is 0 Å². The Bertz CT molecular complexity index is 705. The fourth-order valence-corrected chi connectivity index (χ4v) is 5.07. The first-order chi connectivity index (χ1) is 12.2. The zero-order chi connectivity index (χ0) is 17.2. The first-order valence-electron chi connectivity index (χ1n) is 9.34. The SMILES string of the molecule is N[C@@H]1CCC[C@H]1CC(=O)NC1CCN(c2nc3ccccc3s2)CC1. The summed E-state index contributed by atoms with van der Waals surface area (Å²) in [6.45, 7) is 1.90. The second-order valence-electron chi connectivity index (χ2n) is 7.35. The molecule has 2 atom stereocenters. The number of carbonyl (C=O) groups is 1. The van der Waals surface area contributed by atoms with Crippen LogP contribution in [0.4, 0.5) is 5.13 Å². The Balaban J connectivity index is 1.28. The molecule has 0 radical (unpaired) electrons. The minimum Gasteiger partial charge on any atom is -0.353 e. The number of nitrogens with two attached hydrogens (primary N) is 1. The Labute approximate surface area is 152 Å². The van der Waals surface area contributed by atoms with E-state index in [1.54, 1.807) is 11.3 Å². The predicted octanol–water partition coefficient (Wildman–Crippen LogP) is 2.90. The maximum absolute atomic E-state index is 12.3. The van der Waals surface area contributed by atoms with E-state index in [0.29, 0.717) is 12.3 Å². The molecule has 4 rings (SSSR count). The van der Waals surface area contributed by atoms with Crippen molar-refractivity contribution in [3.05, 3.63) is 24.3 Å². The minimum atomic E-state index is 0.181. The van der Waals surface area contributed by atoms with Gasteiger partial charge in [0.2, 0.25) is 5.91 Å². The second-order valence-corrected chi connectivity index (χ2v) is 8.36. The van der Waals surface area contributed by atoms with Gasteiger partial charge in [-0.3, -0.25) is 4.79 Å². The molecule has 1 aromatic heterocycles. The number of carbonyl (C=O) groups excluding carboxylic acids is 1. The van der Waals surface area contributed by atoms with Crippen LogP contribution in [-0.4, -0.2) is 36.1 Å². The van der Waals surface area contributed by atoms with Crippen LogP contribution in [0.1, 0.15) is 38.5 Å². The standard InChI is InChI=1S/C19H26N4OS/c20-15-5-3-4-13(15)12-18(24)21-14-8-10-23(11-9-14)19-22-16-6-1-2-7-17(16)25-19/h1-2,6-7,13-15H,3-5,8-12,20H2,(H,21,24)/t13-,15+/m0/s1. The third kappa shape index (κ3) is 3.80. The number of rotatable bonds is 4. The number of aromatic nitrogens is 1. The normalized spacial score (nSPS) is 24.8. The van der Waals surface area contributed by atoms with E-state index in [0.717, 1.165) is 49.4 Å². The van der Waals surface area contributed by atoms with Gasteiger partial charge in [0.25, 0.3) is 0 Å². The summed E-state index contributed by atoms with van der Waals surface area (Å²) in [5.74, 6) is 0.559. The lowest BCUT2D eigenvalue weighted by Crippen LogP contribution is -2.45. The molecule has 0 bridgehead atoms. The van der Waals surface area contributed by atoms with E-state index in [4.69, 9.17) is 10.7 Å². The molecule has 1 saturated heterocycles. The van der Waals surface area contributed by atoms with Crippen molar-refractivity contribution in [2.24, 2.45) is 11.7 Å². The number of amides is 1. The first-order valence-corrected chi connectivity index (χ1v) is 10.2. The Morgan fingerprint density at radius 2 is 2.04 bits per heavy atom. The summed E-state index contributed by atoms with van der Waals surface area (Å²) in [6.07, 6.45) is 5.90. The van der Waals surface area contributed by atoms with Crippen LogP contribution in [0.2, 0.25) is 0 Å². The molecular formula is C19H26N4OS. The van der Waals surface area contributed by atoms with E-state index in [9.17, 15) is 4.79 Å². The van der Waals surface area contributed by atoms with Crippen molar-refractivity contribution in [2.45, 2.75) is 50.6 Å². The predicted molar refractivity (Wildman–Crippen MR) is 103 cm³/mol. The highest BCUT2D eigenvalue weighted by Gasteiger charge is 2.28. The van der Waals surface area contributed by atoms with Crippen LogP contribution in [-0.2, 0) is 4.79 Å². The molecule has 1 saturated carbocycles. The van der Waals surface area contributed by atoms with Crippen LogP contribution in [0.15, 0.2) is 24.3 Å². The number of hydrogen-bond acceptors (Lipinski definition) is 5. The van der Waals surface area contributed by atoms with Crippen molar-refractivity contribution in [3.8, 4) is 0 Å². The molecule has 134 valence electrons. The molecule has 5 nitrogen and oxygen atoms in total. The molecule has 1 aliphatic carbocycles. The zero-order valence-corrected chi connectivity index (χ0v) is 15.3. The monoisotopic (exact) mass is 358 g/mol. The summed E-state index contributed by atoms with van der Waals surface area (Å²) >= 11 is 1.75. The van der Waals surface area contributed by atoms with Gasteiger partial charge < -0.3 is 16.0 Å². The Morgan fingerprint density at radius 3 is 2.76 bits per heavy atom. The van der Waals surface area contributed by atoms with E-state index < -0.39 is 0 Å². The van der Waals surface area contributed by atoms with E-state index in [-0.39, 0.29) is 18.0 Å². The average Bonchev–Trinajstić information content (AvgIpc) is 3.22. The number of benzene rings is 1. The largest absolute Gasteiger partial charge is 0.353 e. The van der Waals surface area contributed by atoms with Gasteiger partial charge in [-0.25, -0.2) is 4.98 Å². The quantitative estimate of drug-likeness (QED) is 0.882. The molecule has 2 fully saturated rings. The number of nitrogens with zero attached hydrogens (tertiary/aromatic N) is 2. The lowest BCUT2D eigenvalue weighted by atomic mass is 9.99. The van der Waals surface area contributed by atoms with Crippen molar-refractivity contribution in [3.63, 3.8) is 0 Å². The van der Waals surface area contributed by atoms with E-state index in [1.165, 1.54) is 11.1 Å². The van der Waals surface area contributed by atoms with E-state index >= 15 is 0 Å². The highest BCUT2D eigenvalue weighted by molar-refractivity contribution is 7.22. The van der Waals surface area contributed by atoms with Crippen LogP contribution in [0.25, 0.3) is 10.2 Å². The van der Waals surface area contributed by atoms with Crippen molar-refractivity contribution >= 4 is 32.6 Å². The maximum atomic E-state index is 12.3. The maximum Gasteiger partial charge on any atom is 0.220 e. The van der Waals surface area contributed by atoms with Crippen molar-refractivity contribution in [1.29, 1.82) is 0 Å². The third-order valence-electron chi connectivity index (χ3n) is 5.58. The Hall–Kier alpha value is -1.66. The molecular weight excluding hydrogens is 332 g/mol. The highest BCUT2D eigenvalue weighted by atomic mass is 32.1. The van der Waals surface area contributed by atoms with Crippen molar-refractivity contribution < 1.29 is 4.79 Å². The number of fused-ring (bicyclic) bond motifs is 1. The van der Waals surface area contributed by atoms with E-state index in [1.807, 2.05) is 6.07 Å². The number of thiazole rings is 1. The zero-order valence-electron chi connectivity index (χ0n) is 14.5. The number of anilines is 1. The Kier molecular flexibility index (Phi) is 4.90. The fraction of sp³-hybridized carbons (Fsp3) is 0.579. The first kappa shape index (κ1) is 16.8. The topological polar surface area (TPSA) is 71.2 Å². The van der Waals surface area contributed by atoms with Gasteiger partial charge in [0.15, 0.2) is 5.13 Å². The molecule has 0 unspecified atom stereocenters. The number of para-hydroxylation sites is 1. The minimum absolute atomic E-state index is 0.181. The third-order valence-corrected chi connectivity index (χ3v) is 6.68. The average molecular weight is 359 g/mol. The fourth-order valence-electron chi connectivity index (χ4n) is 4.05. The van der Waals surface area contributed by atoms with Gasteiger partial charge in [0.05, 0.1) is 10.2 Å². The summed E-state index contributed by atoms with van der Waals surface area (Å²) in [6, 6.07) is 8.78. The van der Waals surface area contributed by atoms with Crippen LogP contribution in [0.5, 0.6) is 0 Å². The molecule has 1 aliphatic heterocycles. The molecule has 6 heteroatoms. The van der Waals surface area contributed by atoms with Gasteiger partial charge in [0, 0.05) is 31.6 Å². The molecule has 2 aliphatic rings. The summed E-state index contributed by atoms with van der Waals surface area (Å²) in [5.41, 5.74) is 7.16. The van der Waals surface area contributed by atoms with E-state index in [2.05, 4.69) is 28.4 Å². The number of nitrogens with one attached hydrogen (secondary N) is 1. The molecule has 1 amide bonds. The molecule has 2 aromatic rings. The summed E-state index contributed by atoms with van der Waals surface area (Å²) in [4.78, 5) is 19.4. The van der Waals surface area contributed by atoms with Crippen LogP contribution >= 0.6 is 11.3 Å². The van der Waals surface area contributed by atoms with Crippen molar-refractivity contribution in [2.75, 3.05) is 18.0 Å².